The lowest BCUT2D eigenvalue weighted by molar-refractivity contribution is 0.264. The van der Waals surface area contributed by atoms with Crippen molar-refractivity contribution in [1.29, 1.82) is 0 Å². The van der Waals surface area contributed by atoms with Crippen LogP contribution in [0.4, 0.5) is 5.69 Å². The summed E-state index contributed by atoms with van der Waals surface area (Å²) in [5.74, 6) is 0.878. The molecule has 1 aliphatic rings. The molecule has 2 N–H and O–H groups in total. The Morgan fingerprint density at radius 3 is 2.86 bits per heavy atom. The van der Waals surface area contributed by atoms with Gasteiger partial charge >= 0.3 is 10.2 Å². The minimum atomic E-state index is -3.54. The maximum atomic E-state index is 12.5. The molecule has 1 unspecified atom stereocenters. The van der Waals surface area contributed by atoms with E-state index >= 15 is 0 Å². The van der Waals surface area contributed by atoms with Gasteiger partial charge in [0.2, 0.25) is 0 Å². The van der Waals surface area contributed by atoms with Gasteiger partial charge in [-0.3, -0.25) is 4.72 Å². The molecule has 1 aromatic rings. The van der Waals surface area contributed by atoms with Gasteiger partial charge in [-0.1, -0.05) is 12.1 Å². The van der Waals surface area contributed by atoms with Crippen molar-refractivity contribution < 1.29 is 13.2 Å². The van der Waals surface area contributed by atoms with Crippen LogP contribution in [0.15, 0.2) is 24.3 Å². The third-order valence-corrected chi connectivity index (χ3v) is 5.15. The zero-order valence-corrected chi connectivity index (χ0v) is 13.3. The maximum Gasteiger partial charge on any atom is 0.301 e. The first-order valence-electron chi connectivity index (χ1n) is 7.12. The topological polar surface area (TPSA) is 70.7 Å². The molecule has 1 atom stereocenters. The molecule has 0 saturated carbocycles. The summed E-state index contributed by atoms with van der Waals surface area (Å²) in [5.41, 5.74) is 0.468. The van der Waals surface area contributed by atoms with Crippen molar-refractivity contribution in [3.05, 3.63) is 24.3 Å². The number of benzene rings is 1. The monoisotopic (exact) mass is 313 g/mol. The summed E-state index contributed by atoms with van der Waals surface area (Å²) in [6, 6.07) is 7.02. The van der Waals surface area contributed by atoms with Crippen LogP contribution in [-0.2, 0) is 10.2 Å². The number of rotatable bonds is 6. The van der Waals surface area contributed by atoms with Gasteiger partial charge in [0, 0.05) is 13.1 Å². The second kappa shape index (κ2) is 7.11. The van der Waals surface area contributed by atoms with E-state index in [9.17, 15) is 8.42 Å². The van der Waals surface area contributed by atoms with Crippen LogP contribution in [-0.4, -0.2) is 46.5 Å². The van der Waals surface area contributed by atoms with Crippen molar-refractivity contribution in [3.8, 4) is 5.75 Å². The first-order valence-corrected chi connectivity index (χ1v) is 8.56. The lowest BCUT2D eigenvalue weighted by atomic mass is 10.00. The minimum Gasteiger partial charge on any atom is -0.495 e. The van der Waals surface area contributed by atoms with E-state index in [4.69, 9.17) is 4.74 Å². The number of piperidine rings is 1. The highest BCUT2D eigenvalue weighted by Gasteiger charge is 2.29. The molecule has 0 bridgehead atoms. The molecule has 1 aromatic carbocycles. The zero-order valence-electron chi connectivity index (χ0n) is 12.5. The molecule has 1 fully saturated rings. The Morgan fingerprint density at radius 1 is 1.38 bits per heavy atom. The summed E-state index contributed by atoms with van der Waals surface area (Å²) < 4.78 is 34.3. The molecular weight excluding hydrogens is 290 g/mol. The van der Waals surface area contributed by atoms with Gasteiger partial charge in [-0.05, 0) is 44.5 Å². The highest BCUT2D eigenvalue weighted by molar-refractivity contribution is 7.90. The fourth-order valence-electron chi connectivity index (χ4n) is 2.63. The normalized spacial score (nSPS) is 20.2. The highest BCUT2D eigenvalue weighted by Crippen LogP contribution is 2.26. The summed E-state index contributed by atoms with van der Waals surface area (Å²) in [6.07, 6.45) is 1.95. The molecule has 1 aliphatic heterocycles. The van der Waals surface area contributed by atoms with E-state index in [0.717, 1.165) is 19.4 Å². The van der Waals surface area contributed by atoms with Gasteiger partial charge in [0.1, 0.15) is 5.75 Å². The molecule has 0 aromatic heterocycles. The van der Waals surface area contributed by atoms with Crippen LogP contribution in [0.2, 0.25) is 0 Å². The summed E-state index contributed by atoms with van der Waals surface area (Å²) in [7, 11) is -0.130. The van der Waals surface area contributed by atoms with Crippen molar-refractivity contribution >= 4 is 15.9 Å². The van der Waals surface area contributed by atoms with Gasteiger partial charge in [-0.15, -0.1) is 0 Å². The lowest BCUT2D eigenvalue weighted by Gasteiger charge is -2.32. The number of anilines is 1. The van der Waals surface area contributed by atoms with Crippen molar-refractivity contribution in [2.45, 2.75) is 12.8 Å². The minimum absolute atomic E-state index is 0.359. The molecule has 1 heterocycles. The molecule has 0 aliphatic carbocycles. The van der Waals surface area contributed by atoms with Crippen LogP contribution in [0.3, 0.4) is 0 Å². The van der Waals surface area contributed by atoms with Crippen LogP contribution < -0.4 is 14.8 Å². The lowest BCUT2D eigenvalue weighted by Crippen LogP contribution is -2.44. The summed E-state index contributed by atoms with van der Waals surface area (Å²) >= 11 is 0. The van der Waals surface area contributed by atoms with Crippen molar-refractivity contribution in [3.63, 3.8) is 0 Å². The van der Waals surface area contributed by atoms with Gasteiger partial charge in [-0.25, -0.2) is 0 Å². The van der Waals surface area contributed by atoms with Crippen LogP contribution in [0.5, 0.6) is 5.75 Å². The highest BCUT2D eigenvalue weighted by atomic mass is 32.2. The van der Waals surface area contributed by atoms with Gasteiger partial charge in [0.05, 0.1) is 12.8 Å². The van der Waals surface area contributed by atoms with Crippen molar-refractivity contribution in [2.75, 3.05) is 38.5 Å². The predicted octanol–water partition coefficient (Wildman–Crippen LogP) is 1.28. The van der Waals surface area contributed by atoms with Gasteiger partial charge in [0.25, 0.3) is 0 Å². The Labute approximate surface area is 126 Å². The standard InChI is InChI=1S/C14H23N3O3S/c1-15-10-12-6-5-9-17(11-12)21(18,19)16-13-7-3-4-8-14(13)20-2/h3-4,7-8,12,15-16H,5-6,9-11H2,1-2H3. The molecule has 118 valence electrons. The largest absolute Gasteiger partial charge is 0.495 e. The van der Waals surface area contributed by atoms with E-state index in [2.05, 4.69) is 10.0 Å². The van der Waals surface area contributed by atoms with E-state index < -0.39 is 10.2 Å². The number of hydrogen-bond donors (Lipinski definition) is 2. The average molecular weight is 313 g/mol. The molecule has 0 amide bonds. The van der Waals surface area contributed by atoms with E-state index in [1.54, 1.807) is 24.3 Å². The van der Waals surface area contributed by atoms with Gasteiger partial charge in [-0.2, -0.15) is 12.7 Å². The third-order valence-electron chi connectivity index (χ3n) is 3.66. The van der Waals surface area contributed by atoms with Crippen molar-refractivity contribution in [2.24, 2.45) is 5.92 Å². The van der Waals surface area contributed by atoms with E-state index in [1.165, 1.54) is 11.4 Å². The van der Waals surface area contributed by atoms with E-state index in [1.807, 2.05) is 7.05 Å². The Balaban J connectivity index is 2.10. The number of hydrogen-bond acceptors (Lipinski definition) is 4. The number of nitrogens with one attached hydrogen (secondary N) is 2. The average Bonchev–Trinajstić information content (AvgIpc) is 2.48. The number of para-hydroxylation sites is 2. The molecule has 21 heavy (non-hydrogen) atoms. The smallest absolute Gasteiger partial charge is 0.301 e. The predicted molar refractivity (Wildman–Crippen MR) is 83.8 cm³/mol. The maximum absolute atomic E-state index is 12.5. The fourth-order valence-corrected chi connectivity index (χ4v) is 3.99. The Morgan fingerprint density at radius 2 is 2.14 bits per heavy atom. The van der Waals surface area contributed by atoms with Crippen LogP contribution in [0.25, 0.3) is 0 Å². The number of nitrogens with zero attached hydrogens (tertiary/aromatic N) is 1. The summed E-state index contributed by atoms with van der Waals surface area (Å²) in [4.78, 5) is 0. The van der Waals surface area contributed by atoms with E-state index in [0.29, 0.717) is 30.4 Å². The first kappa shape index (κ1) is 16.1. The van der Waals surface area contributed by atoms with Gasteiger partial charge in [0.15, 0.2) is 0 Å². The quantitative estimate of drug-likeness (QED) is 0.830. The molecule has 1 saturated heterocycles. The Kier molecular flexibility index (Phi) is 5.44. The molecule has 7 heteroatoms. The molecule has 0 radical (unpaired) electrons. The summed E-state index contributed by atoms with van der Waals surface area (Å²) in [6.45, 7) is 1.94. The number of ether oxygens (including phenoxy) is 1. The SMILES string of the molecule is CNCC1CCCN(S(=O)(=O)Nc2ccccc2OC)C1. The Hall–Kier alpha value is -1.31. The molecular formula is C14H23N3O3S. The summed E-state index contributed by atoms with van der Waals surface area (Å²) in [5, 5.41) is 3.12. The van der Waals surface area contributed by atoms with Crippen LogP contribution in [0, 0.1) is 5.92 Å². The fraction of sp³-hybridized carbons (Fsp3) is 0.571. The third kappa shape index (κ3) is 4.09. The van der Waals surface area contributed by atoms with Crippen LogP contribution >= 0.6 is 0 Å². The molecule has 0 spiro atoms. The van der Waals surface area contributed by atoms with Crippen LogP contribution in [0.1, 0.15) is 12.8 Å². The molecule has 2 rings (SSSR count). The van der Waals surface area contributed by atoms with Gasteiger partial charge < -0.3 is 10.1 Å². The number of methoxy groups -OCH3 is 1. The van der Waals surface area contributed by atoms with E-state index in [-0.39, 0.29) is 0 Å². The Bertz CT molecular complexity index is 560. The zero-order chi connectivity index (χ0) is 15.3. The second-order valence-electron chi connectivity index (χ2n) is 5.23. The molecule has 6 nitrogen and oxygen atoms in total. The first-order chi connectivity index (χ1) is 10.1. The van der Waals surface area contributed by atoms with Crippen molar-refractivity contribution in [1.82, 2.24) is 9.62 Å². The second-order valence-corrected chi connectivity index (χ2v) is 6.90.